The SMILES string of the molecule is PNc1ccc2c(c1)CCC(I)C2. The predicted octanol–water partition coefficient (Wildman–Crippen LogP) is 3.18. The Kier molecular flexibility index (Phi) is 3.10. The van der Waals surface area contributed by atoms with Gasteiger partial charge in [-0.3, -0.25) is 0 Å². The second kappa shape index (κ2) is 4.14. The number of anilines is 1. The topological polar surface area (TPSA) is 12.0 Å². The van der Waals surface area contributed by atoms with Gasteiger partial charge in [0, 0.05) is 9.61 Å². The largest absolute Gasteiger partial charge is 0.369 e. The van der Waals surface area contributed by atoms with E-state index < -0.39 is 0 Å². The second-order valence-electron chi connectivity index (χ2n) is 3.47. The summed E-state index contributed by atoms with van der Waals surface area (Å²) in [5.74, 6) is 0. The van der Waals surface area contributed by atoms with Crippen molar-refractivity contribution < 1.29 is 0 Å². The molecule has 0 radical (unpaired) electrons. The van der Waals surface area contributed by atoms with Crippen LogP contribution in [0.4, 0.5) is 5.69 Å². The second-order valence-corrected chi connectivity index (χ2v) is 5.52. The summed E-state index contributed by atoms with van der Waals surface area (Å²) in [4.78, 5) is 0. The minimum atomic E-state index is 0.833. The van der Waals surface area contributed by atoms with E-state index in [9.17, 15) is 0 Å². The maximum atomic E-state index is 3.10. The summed E-state index contributed by atoms with van der Waals surface area (Å²) in [6.07, 6.45) is 3.81. The highest BCUT2D eigenvalue weighted by atomic mass is 127. The van der Waals surface area contributed by atoms with Gasteiger partial charge >= 0.3 is 0 Å². The van der Waals surface area contributed by atoms with E-state index in [4.69, 9.17) is 0 Å². The first kappa shape index (κ1) is 9.72. The van der Waals surface area contributed by atoms with Gasteiger partial charge in [0.1, 0.15) is 0 Å². The molecule has 70 valence electrons. The molecule has 0 bridgehead atoms. The van der Waals surface area contributed by atoms with Crippen molar-refractivity contribution in [3.63, 3.8) is 0 Å². The van der Waals surface area contributed by atoms with Gasteiger partial charge in [0.2, 0.25) is 0 Å². The zero-order valence-electron chi connectivity index (χ0n) is 7.39. The first-order valence-electron chi connectivity index (χ1n) is 4.52. The molecule has 1 aliphatic rings. The van der Waals surface area contributed by atoms with Gasteiger partial charge in [-0.15, -0.1) is 0 Å². The van der Waals surface area contributed by atoms with Crippen molar-refractivity contribution in [2.24, 2.45) is 0 Å². The quantitative estimate of drug-likeness (QED) is 0.477. The van der Waals surface area contributed by atoms with E-state index in [0.717, 1.165) is 3.92 Å². The van der Waals surface area contributed by atoms with Crippen LogP contribution < -0.4 is 5.09 Å². The van der Waals surface area contributed by atoms with Crippen LogP contribution in [0.5, 0.6) is 0 Å². The first-order chi connectivity index (χ1) is 6.29. The number of fused-ring (bicyclic) bond motifs is 1. The van der Waals surface area contributed by atoms with Crippen LogP contribution in [0.25, 0.3) is 0 Å². The number of benzene rings is 1. The van der Waals surface area contributed by atoms with Crippen molar-refractivity contribution in [3.05, 3.63) is 29.3 Å². The fourth-order valence-electron chi connectivity index (χ4n) is 1.80. The van der Waals surface area contributed by atoms with Crippen LogP contribution >= 0.6 is 32.0 Å². The van der Waals surface area contributed by atoms with Crippen LogP contribution in [0.15, 0.2) is 18.2 Å². The third-order valence-corrected chi connectivity index (χ3v) is 3.94. The fraction of sp³-hybridized carbons (Fsp3) is 0.400. The van der Waals surface area contributed by atoms with E-state index >= 15 is 0 Å². The van der Waals surface area contributed by atoms with Crippen LogP contribution in [0.2, 0.25) is 0 Å². The molecule has 2 unspecified atom stereocenters. The summed E-state index contributed by atoms with van der Waals surface area (Å²) in [5.41, 5.74) is 4.27. The van der Waals surface area contributed by atoms with Crippen molar-refractivity contribution in [3.8, 4) is 0 Å². The van der Waals surface area contributed by atoms with Crippen LogP contribution in [-0.2, 0) is 12.8 Å². The Hall–Kier alpha value is 0.180. The highest BCUT2D eigenvalue weighted by molar-refractivity contribution is 14.1. The molecule has 1 aromatic rings. The molecule has 0 heterocycles. The van der Waals surface area contributed by atoms with E-state index in [1.165, 1.54) is 36.1 Å². The molecule has 1 aliphatic carbocycles. The van der Waals surface area contributed by atoms with Crippen LogP contribution in [-0.4, -0.2) is 3.92 Å². The minimum Gasteiger partial charge on any atom is -0.369 e. The molecule has 0 amide bonds. The summed E-state index contributed by atoms with van der Waals surface area (Å²) in [5, 5.41) is 3.10. The standard InChI is InChI=1S/C10H13INP/c11-9-3-1-8-6-10(12-13)4-2-7(8)5-9/h2,4,6,9,12H,1,3,5,13H2. The number of alkyl halides is 1. The van der Waals surface area contributed by atoms with E-state index in [-0.39, 0.29) is 0 Å². The molecule has 0 fully saturated rings. The van der Waals surface area contributed by atoms with E-state index in [1.54, 1.807) is 0 Å². The Morgan fingerprint density at radius 1 is 1.38 bits per heavy atom. The lowest BCUT2D eigenvalue weighted by molar-refractivity contribution is 0.723. The zero-order chi connectivity index (χ0) is 9.26. The maximum Gasteiger partial charge on any atom is 0.0371 e. The third-order valence-electron chi connectivity index (χ3n) is 2.54. The van der Waals surface area contributed by atoms with Gasteiger partial charge in [-0.25, -0.2) is 0 Å². The monoisotopic (exact) mass is 305 g/mol. The lowest BCUT2D eigenvalue weighted by Crippen LogP contribution is -2.13. The summed E-state index contributed by atoms with van der Waals surface area (Å²) < 4.78 is 0.833. The Bertz CT molecular complexity index is 314. The average Bonchev–Trinajstić information content (AvgIpc) is 2.17. The van der Waals surface area contributed by atoms with Gasteiger partial charge in [-0.1, -0.05) is 28.7 Å². The van der Waals surface area contributed by atoms with Crippen molar-refractivity contribution in [2.45, 2.75) is 23.2 Å². The first-order valence-corrected chi connectivity index (χ1v) is 6.34. The van der Waals surface area contributed by atoms with E-state index in [2.05, 4.69) is 55.3 Å². The summed E-state index contributed by atoms with van der Waals surface area (Å²) in [7, 11) is 2.54. The van der Waals surface area contributed by atoms with Crippen LogP contribution in [0, 0.1) is 0 Å². The molecule has 2 atom stereocenters. The number of rotatable bonds is 1. The highest BCUT2D eigenvalue weighted by Crippen LogP contribution is 2.28. The van der Waals surface area contributed by atoms with Gasteiger partial charge in [-0.2, -0.15) is 0 Å². The smallest absolute Gasteiger partial charge is 0.0371 e. The third kappa shape index (κ3) is 2.16. The van der Waals surface area contributed by atoms with Gasteiger partial charge < -0.3 is 5.09 Å². The Morgan fingerprint density at radius 2 is 2.23 bits per heavy atom. The molecule has 0 aromatic heterocycles. The van der Waals surface area contributed by atoms with Crippen LogP contribution in [0.1, 0.15) is 17.5 Å². The number of nitrogens with one attached hydrogen (secondary N) is 1. The summed E-state index contributed by atoms with van der Waals surface area (Å²) in [6, 6.07) is 6.68. The molecule has 13 heavy (non-hydrogen) atoms. The normalized spacial score (nSPS) is 20.9. The number of aryl methyl sites for hydroxylation is 1. The Labute approximate surface area is 95.1 Å². The molecule has 0 spiro atoms. The van der Waals surface area contributed by atoms with E-state index in [0.29, 0.717) is 0 Å². The molecular formula is C10H13INP. The maximum absolute atomic E-state index is 3.10. The predicted molar refractivity (Wildman–Crippen MR) is 69.6 cm³/mol. The molecule has 0 aliphatic heterocycles. The highest BCUT2D eigenvalue weighted by Gasteiger charge is 2.15. The molecule has 0 saturated carbocycles. The summed E-state index contributed by atoms with van der Waals surface area (Å²) >= 11 is 2.55. The number of hydrogen-bond donors (Lipinski definition) is 1. The molecule has 0 saturated heterocycles. The van der Waals surface area contributed by atoms with Crippen molar-refractivity contribution in [1.82, 2.24) is 0 Å². The average molecular weight is 305 g/mol. The molecule has 3 heteroatoms. The number of halogens is 1. The summed E-state index contributed by atoms with van der Waals surface area (Å²) in [6.45, 7) is 0. The Balaban J connectivity index is 2.31. The molecular weight excluding hydrogens is 292 g/mol. The lowest BCUT2D eigenvalue weighted by atomic mass is 9.91. The molecule has 1 N–H and O–H groups in total. The van der Waals surface area contributed by atoms with Gasteiger partial charge in [0.15, 0.2) is 0 Å². The van der Waals surface area contributed by atoms with Crippen molar-refractivity contribution in [2.75, 3.05) is 5.09 Å². The van der Waals surface area contributed by atoms with Crippen molar-refractivity contribution in [1.29, 1.82) is 0 Å². The number of hydrogen-bond acceptors (Lipinski definition) is 1. The minimum absolute atomic E-state index is 0.833. The fourth-order valence-corrected chi connectivity index (χ4v) is 2.77. The van der Waals surface area contributed by atoms with Gasteiger partial charge in [0.05, 0.1) is 0 Å². The molecule has 1 nitrogen and oxygen atoms in total. The van der Waals surface area contributed by atoms with Crippen molar-refractivity contribution >= 4 is 37.7 Å². The van der Waals surface area contributed by atoms with E-state index in [1.807, 2.05) is 0 Å². The molecule has 2 rings (SSSR count). The zero-order valence-corrected chi connectivity index (χ0v) is 10.7. The van der Waals surface area contributed by atoms with Gasteiger partial charge in [0.25, 0.3) is 0 Å². The van der Waals surface area contributed by atoms with Gasteiger partial charge in [-0.05, 0) is 51.9 Å². The lowest BCUT2D eigenvalue weighted by Gasteiger charge is -2.20. The Morgan fingerprint density at radius 3 is 3.00 bits per heavy atom. The van der Waals surface area contributed by atoms with Crippen LogP contribution in [0.3, 0.4) is 0 Å². The molecule has 1 aromatic carbocycles.